The van der Waals surface area contributed by atoms with E-state index in [0.29, 0.717) is 28.8 Å². The number of pyridine rings is 2. The number of aromatic nitrogens is 2. The fraction of sp³-hybridized carbons (Fsp3) is 0.0588. The topological polar surface area (TPSA) is 136 Å². The van der Waals surface area contributed by atoms with Crippen molar-refractivity contribution in [2.24, 2.45) is 5.92 Å². The second-order valence-electron chi connectivity index (χ2n) is 5.35. The number of hydrogen-bond acceptors (Lipinski definition) is 6. The molecule has 0 radical (unpaired) electrons. The number of anilines is 4. The molecule has 0 bridgehead atoms. The molecule has 0 saturated carbocycles. The van der Waals surface area contributed by atoms with Crippen LogP contribution in [0, 0.1) is 5.92 Å². The van der Waals surface area contributed by atoms with Gasteiger partial charge >= 0.3 is 0 Å². The Morgan fingerprint density at radius 3 is 2.12 bits per heavy atom. The monoisotopic (exact) mass is 336 g/mol. The van der Waals surface area contributed by atoms with Crippen molar-refractivity contribution >= 4 is 35.1 Å². The lowest BCUT2D eigenvalue weighted by molar-refractivity contribution is -0.117. The van der Waals surface area contributed by atoms with E-state index in [2.05, 4.69) is 20.6 Å². The molecular weight excluding hydrogens is 320 g/mol. The molecule has 1 aliphatic carbocycles. The number of nitrogens with zero attached hydrogens (tertiary/aromatic N) is 2. The Morgan fingerprint density at radius 1 is 0.920 bits per heavy atom. The van der Waals surface area contributed by atoms with Crippen molar-refractivity contribution in [3.63, 3.8) is 0 Å². The smallest absolute Gasteiger partial charge is 0.256 e. The summed E-state index contributed by atoms with van der Waals surface area (Å²) in [4.78, 5) is 32.5. The highest BCUT2D eigenvalue weighted by atomic mass is 16.2. The van der Waals surface area contributed by atoms with E-state index >= 15 is 0 Å². The van der Waals surface area contributed by atoms with E-state index in [1.807, 2.05) is 0 Å². The predicted molar refractivity (Wildman–Crippen MR) is 95.3 cm³/mol. The van der Waals surface area contributed by atoms with E-state index in [-0.39, 0.29) is 11.8 Å². The van der Waals surface area contributed by atoms with Gasteiger partial charge in [-0.15, -0.1) is 0 Å². The second-order valence-corrected chi connectivity index (χ2v) is 5.35. The highest BCUT2D eigenvalue weighted by Crippen LogP contribution is 2.19. The molecule has 0 aliphatic heterocycles. The van der Waals surface area contributed by atoms with E-state index < -0.39 is 5.92 Å². The molecule has 1 atom stereocenters. The number of hydrogen-bond donors (Lipinski definition) is 4. The van der Waals surface area contributed by atoms with Crippen LogP contribution in [0.3, 0.4) is 0 Å². The number of carbonyl (C=O) groups excluding carboxylic acids is 2. The van der Waals surface area contributed by atoms with Crippen LogP contribution in [0.1, 0.15) is 0 Å². The van der Waals surface area contributed by atoms with Crippen molar-refractivity contribution < 1.29 is 9.59 Å². The van der Waals surface area contributed by atoms with Gasteiger partial charge in [-0.05, 0) is 24.3 Å². The first-order valence-electron chi connectivity index (χ1n) is 7.48. The molecule has 3 rings (SSSR count). The lowest BCUT2D eigenvalue weighted by atomic mass is 10.1. The minimum Gasteiger partial charge on any atom is -0.384 e. The van der Waals surface area contributed by atoms with Crippen molar-refractivity contribution in [3.05, 3.63) is 60.2 Å². The van der Waals surface area contributed by atoms with Gasteiger partial charge in [-0.1, -0.05) is 30.4 Å². The fourth-order valence-electron chi connectivity index (χ4n) is 2.27. The predicted octanol–water partition coefficient (Wildman–Crippen LogP) is 1.33. The van der Waals surface area contributed by atoms with Crippen LogP contribution in [0.5, 0.6) is 0 Å². The summed E-state index contributed by atoms with van der Waals surface area (Å²) in [5, 5.41) is 5.29. The highest BCUT2D eigenvalue weighted by Gasteiger charge is 2.21. The number of amides is 2. The summed E-state index contributed by atoms with van der Waals surface area (Å²) in [6.07, 6.45) is 4.77. The fourth-order valence-corrected chi connectivity index (χ4v) is 2.27. The average Bonchev–Trinajstić information content (AvgIpc) is 3.05. The van der Waals surface area contributed by atoms with Crippen LogP contribution in [0.2, 0.25) is 0 Å². The summed E-state index contributed by atoms with van der Waals surface area (Å²) in [7, 11) is 0. The van der Waals surface area contributed by atoms with Crippen LogP contribution in [-0.2, 0) is 9.59 Å². The Hall–Kier alpha value is -3.68. The molecule has 2 aromatic rings. The van der Waals surface area contributed by atoms with Gasteiger partial charge < -0.3 is 22.1 Å². The van der Waals surface area contributed by atoms with Crippen molar-refractivity contribution in [2.75, 3.05) is 22.1 Å². The van der Waals surface area contributed by atoms with Crippen molar-refractivity contribution in [1.82, 2.24) is 9.97 Å². The third-order valence-electron chi connectivity index (χ3n) is 3.44. The summed E-state index contributed by atoms with van der Waals surface area (Å²) in [6.45, 7) is 0. The Morgan fingerprint density at radius 2 is 1.52 bits per heavy atom. The van der Waals surface area contributed by atoms with Gasteiger partial charge in [-0.25, -0.2) is 9.97 Å². The number of carbonyl (C=O) groups is 2. The van der Waals surface area contributed by atoms with Crippen molar-refractivity contribution in [3.8, 4) is 0 Å². The molecule has 2 heterocycles. The van der Waals surface area contributed by atoms with Gasteiger partial charge in [-0.3, -0.25) is 9.59 Å². The number of rotatable bonds is 4. The quantitative estimate of drug-likeness (QED) is 0.665. The SMILES string of the molecule is Nc1cccc(NC(=O)C2=CC(C(=O)Nc3cccc(N)n3)C=C2)n1. The van der Waals surface area contributed by atoms with Gasteiger partial charge in [0.15, 0.2) is 0 Å². The summed E-state index contributed by atoms with van der Waals surface area (Å²) < 4.78 is 0. The molecule has 0 saturated heterocycles. The molecule has 126 valence electrons. The summed E-state index contributed by atoms with van der Waals surface area (Å²) in [6, 6.07) is 9.88. The third-order valence-corrected chi connectivity index (χ3v) is 3.44. The van der Waals surface area contributed by atoms with E-state index in [4.69, 9.17) is 11.5 Å². The molecule has 25 heavy (non-hydrogen) atoms. The van der Waals surface area contributed by atoms with Gasteiger partial charge in [0, 0.05) is 5.57 Å². The Balaban J connectivity index is 1.64. The molecular formula is C17H16N6O2. The maximum Gasteiger partial charge on any atom is 0.256 e. The normalized spacial score (nSPS) is 15.5. The van der Waals surface area contributed by atoms with Crippen LogP contribution < -0.4 is 22.1 Å². The van der Waals surface area contributed by atoms with E-state index in [9.17, 15) is 9.59 Å². The maximum atomic E-state index is 12.2. The average molecular weight is 336 g/mol. The van der Waals surface area contributed by atoms with Gasteiger partial charge in [0.1, 0.15) is 23.3 Å². The minimum atomic E-state index is -0.571. The number of nitrogens with two attached hydrogens (primary N) is 2. The van der Waals surface area contributed by atoms with E-state index in [1.54, 1.807) is 54.6 Å². The van der Waals surface area contributed by atoms with E-state index in [0.717, 1.165) is 0 Å². The van der Waals surface area contributed by atoms with Gasteiger partial charge in [0.05, 0.1) is 5.92 Å². The third kappa shape index (κ3) is 3.99. The first kappa shape index (κ1) is 16.2. The molecule has 6 N–H and O–H groups in total. The van der Waals surface area contributed by atoms with Crippen molar-refractivity contribution in [1.29, 1.82) is 0 Å². The van der Waals surface area contributed by atoms with Crippen molar-refractivity contribution in [2.45, 2.75) is 0 Å². The van der Waals surface area contributed by atoms with Crippen LogP contribution in [0.4, 0.5) is 23.3 Å². The first-order chi connectivity index (χ1) is 12.0. The summed E-state index contributed by atoms with van der Waals surface area (Å²) >= 11 is 0. The van der Waals surface area contributed by atoms with Crippen LogP contribution >= 0.6 is 0 Å². The summed E-state index contributed by atoms with van der Waals surface area (Å²) in [5.41, 5.74) is 11.5. The molecule has 8 heteroatoms. The van der Waals surface area contributed by atoms with Gasteiger partial charge in [0.2, 0.25) is 5.91 Å². The molecule has 8 nitrogen and oxygen atoms in total. The van der Waals surface area contributed by atoms with Gasteiger partial charge in [0.25, 0.3) is 5.91 Å². The zero-order valence-corrected chi connectivity index (χ0v) is 13.1. The molecule has 2 aromatic heterocycles. The second kappa shape index (κ2) is 6.83. The molecule has 1 unspecified atom stereocenters. The number of nitrogen functional groups attached to an aromatic ring is 2. The summed E-state index contributed by atoms with van der Waals surface area (Å²) in [5.74, 6) is 0.0687. The lowest BCUT2D eigenvalue weighted by Gasteiger charge is -2.07. The van der Waals surface area contributed by atoms with E-state index in [1.165, 1.54) is 0 Å². The Labute approximate surface area is 143 Å². The Bertz CT molecular complexity index is 890. The van der Waals surface area contributed by atoms with Gasteiger partial charge in [-0.2, -0.15) is 0 Å². The molecule has 0 spiro atoms. The first-order valence-corrected chi connectivity index (χ1v) is 7.48. The maximum absolute atomic E-state index is 12.2. The lowest BCUT2D eigenvalue weighted by Crippen LogP contribution is -2.20. The molecule has 1 aliphatic rings. The molecule has 0 aromatic carbocycles. The van der Waals surface area contributed by atoms with Crippen LogP contribution in [0.15, 0.2) is 60.2 Å². The largest absolute Gasteiger partial charge is 0.384 e. The number of nitrogens with one attached hydrogen (secondary N) is 2. The minimum absolute atomic E-state index is 0.306. The zero-order valence-electron chi connectivity index (χ0n) is 13.1. The molecule has 2 amide bonds. The highest BCUT2D eigenvalue weighted by molar-refractivity contribution is 6.07. The van der Waals surface area contributed by atoms with Crippen LogP contribution in [-0.4, -0.2) is 21.8 Å². The Kier molecular flexibility index (Phi) is 4.42. The van der Waals surface area contributed by atoms with Crippen LogP contribution in [0.25, 0.3) is 0 Å². The molecule has 0 fully saturated rings. The standard InChI is InChI=1S/C17H16N6O2/c18-12-3-1-5-14(20-12)22-16(24)10-7-8-11(9-10)17(25)23-15-6-2-4-13(19)21-15/h1-10H,(H3,18,20,22,24)(H3,19,21,23,25). The zero-order chi connectivity index (χ0) is 17.8.